The number of rotatable bonds is 7. The molecule has 0 saturated heterocycles. The van der Waals surface area contributed by atoms with Crippen LogP contribution in [0.5, 0.6) is 5.75 Å². The number of carbonyl (C=O) groups is 1. The van der Waals surface area contributed by atoms with Crippen molar-refractivity contribution in [2.24, 2.45) is 5.14 Å². The van der Waals surface area contributed by atoms with Gasteiger partial charge in [-0.05, 0) is 42.7 Å². The van der Waals surface area contributed by atoms with Crippen LogP contribution in [0.4, 0.5) is 5.69 Å². The zero-order valence-electron chi connectivity index (χ0n) is 14.0. The van der Waals surface area contributed by atoms with Gasteiger partial charge in [0.15, 0.2) is 0 Å². The van der Waals surface area contributed by atoms with Crippen LogP contribution in [0.15, 0.2) is 53.4 Å². The van der Waals surface area contributed by atoms with Crippen molar-refractivity contribution in [2.75, 3.05) is 30.6 Å². The van der Waals surface area contributed by atoms with Gasteiger partial charge in [0.1, 0.15) is 5.75 Å². The van der Waals surface area contributed by atoms with E-state index >= 15 is 0 Å². The minimum Gasteiger partial charge on any atom is -0.496 e. The average Bonchev–Trinajstić information content (AvgIpc) is 2.61. The third kappa shape index (κ3) is 4.75. The maximum atomic E-state index is 13.0. The quantitative estimate of drug-likeness (QED) is 0.796. The Morgan fingerprint density at radius 2 is 1.80 bits per heavy atom. The lowest BCUT2D eigenvalue weighted by Gasteiger charge is -2.23. The van der Waals surface area contributed by atoms with Gasteiger partial charge < -0.3 is 9.64 Å². The molecule has 6 nitrogen and oxygen atoms in total. The zero-order chi connectivity index (χ0) is 18.4. The fourth-order valence-electron chi connectivity index (χ4n) is 2.31. The Morgan fingerprint density at radius 1 is 1.16 bits per heavy atom. The van der Waals surface area contributed by atoms with Gasteiger partial charge in [0.25, 0.3) is 5.91 Å². The van der Waals surface area contributed by atoms with E-state index in [0.717, 1.165) is 5.75 Å². The Bertz CT molecular complexity index is 836. The topological polar surface area (TPSA) is 89.7 Å². The lowest BCUT2D eigenvalue weighted by molar-refractivity contribution is 0.0985. The third-order valence-electron chi connectivity index (χ3n) is 3.58. The molecule has 0 aliphatic rings. The molecule has 25 heavy (non-hydrogen) atoms. The summed E-state index contributed by atoms with van der Waals surface area (Å²) in [7, 11) is -2.26. The minimum absolute atomic E-state index is 0.00538. The van der Waals surface area contributed by atoms with E-state index < -0.39 is 10.0 Å². The summed E-state index contributed by atoms with van der Waals surface area (Å²) >= 11 is 1.61. The van der Waals surface area contributed by atoms with Crippen LogP contribution in [0.3, 0.4) is 0 Å². The van der Waals surface area contributed by atoms with Crippen molar-refractivity contribution in [1.29, 1.82) is 0 Å². The number of sulfonamides is 1. The van der Waals surface area contributed by atoms with Gasteiger partial charge >= 0.3 is 0 Å². The van der Waals surface area contributed by atoms with E-state index in [1.54, 1.807) is 53.1 Å². The molecule has 0 atom stereocenters. The number of para-hydroxylation sites is 1. The smallest absolute Gasteiger partial charge is 0.262 e. The van der Waals surface area contributed by atoms with E-state index in [0.29, 0.717) is 23.5 Å². The van der Waals surface area contributed by atoms with Crippen molar-refractivity contribution in [1.82, 2.24) is 0 Å². The Hall–Kier alpha value is -2.03. The van der Waals surface area contributed by atoms with Crippen molar-refractivity contribution < 1.29 is 17.9 Å². The molecular formula is C17H20N2O4S2. The standard InChI is InChI=1S/C17H20N2O4S2/c1-23-16-6-4-3-5-15(16)17(20)19(11-12-24-2)13-7-9-14(10-8-13)25(18,21)22/h3-10H,11-12H2,1-2H3,(H2,18,21,22). The molecule has 0 bridgehead atoms. The van der Waals surface area contributed by atoms with Crippen molar-refractivity contribution in [2.45, 2.75) is 4.90 Å². The highest BCUT2D eigenvalue weighted by molar-refractivity contribution is 7.98. The number of primary sulfonamides is 1. The first-order valence-corrected chi connectivity index (χ1v) is 10.4. The van der Waals surface area contributed by atoms with Crippen molar-refractivity contribution >= 4 is 33.4 Å². The van der Waals surface area contributed by atoms with Crippen LogP contribution in [0.25, 0.3) is 0 Å². The minimum atomic E-state index is -3.77. The molecule has 0 heterocycles. The number of nitrogens with zero attached hydrogens (tertiary/aromatic N) is 1. The van der Waals surface area contributed by atoms with Gasteiger partial charge in [-0.25, -0.2) is 13.6 Å². The van der Waals surface area contributed by atoms with E-state index in [-0.39, 0.29) is 10.8 Å². The molecule has 0 unspecified atom stereocenters. The number of methoxy groups -OCH3 is 1. The molecule has 0 aliphatic carbocycles. The lowest BCUT2D eigenvalue weighted by atomic mass is 10.1. The van der Waals surface area contributed by atoms with Crippen LogP contribution in [0.1, 0.15) is 10.4 Å². The molecule has 2 aromatic carbocycles. The molecule has 1 amide bonds. The Balaban J connectivity index is 2.40. The van der Waals surface area contributed by atoms with Gasteiger partial charge in [-0.3, -0.25) is 4.79 Å². The van der Waals surface area contributed by atoms with Gasteiger partial charge in [-0.1, -0.05) is 12.1 Å². The predicted molar refractivity (Wildman–Crippen MR) is 101 cm³/mol. The predicted octanol–water partition coefficient (Wildman–Crippen LogP) is 2.35. The number of ether oxygens (including phenoxy) is 1. The summed E-state index contributed by atoms with van der Waals surface area (Å²) in [5, 5.41) is 5.12. The maximum Gasteiger partial charge on any atom is 0.262 e. The zero-order valence-corrected chi connectivity index (χ0v) is 15.6. The summed E-state index contributed by atoms with van der Waals surface area (Å²) in [4.78, 5) is 14.6. The number of benzene rings is 2. The summed E-state index contributed by atoms with van der Waals surface area (Å²) < 4.78 is 28.1. The monoisotopic (exact) mass is 380 g/mol. The fourth-order valence-corrected chi connectivity index (χ4v) is 3.19. The normalized spacial score (nSPS) is 11.2. The lowest BCUT2D eigenvalue weighted by Crippen LogP contribution is -2.33. The molecule has 0 fully saturated rings. The van der Waals surface area contributed by atoms with E-state index in [9.17, 15) is 13.2 Å². The highest BCUT2D eigenvalue weighted by Crippen LogP contribution is 2.24. The SMILES string of the molecule is COc1ccccc1C(=O)N(CCSC)c1ccc(S(N)(=O)=O)cc1. The number of amides is 1. The highest BCUT2D eigenvalue weighted by Gasteiger charge is 2.21. The molecule has 2 N–H and O–H groups in total. The van der Waals surface area contributed by atoms with E-state index in [4.69, 9.17) is 9.88 Å². The molecule has 0 aromatic heterocycles. The van der Waals surface area contributed by atoms with Crippen LogP contribution in [-0.4, -0.2) is 40.0 Å². The van der Waals surface area contributed by atoms with Crippen LogP contribution in [0, 0.1) is 0 Å². The Labute approximate surface area is 152 Å². The molecule has 2 aromatic rings. The number of carbonyl (C=O) groups excluding carboxylic acids is 1. The molecule has 0 radical (unpaired) electrons. The third-order valence-corrected chi connectivity index (χ3v) is 5.10. The number of thioether (sulfide) groups is 1. The van der Waals surface area contributed by atoms with E-state index in [1.807, 2.05) is 6.26 Å². The van der Waals surface area contributed by atoms with Gasteiger partial charge in [-0.2, -0.15) is 11.8 Å². The number of hydrogen-bond acceptors (Lipinski definition) is 5. The van der Waals surface area contributed by atoms with Crippen molar-refractivity contribution in [3.63, 3.8) is 0 Å². The van der Waals surface area contributed by atoms with Gasteiger partial charge in [0.2, 0.25) is 10.0 Å². The largest absolute Gasteiger partial charge is 0.496 e. The maximum absolute atomic E-state index is 13.0. The first-order chi connectivity index (χ1) is 11.9. The molecule has 8 heteroatoms. The van der Waals surface area contributed by atoms with Crippen LogP contribution in [0.2, 0.25) is 0 Å². The Kier molecular flexibility index (Phi) is 6.46. The Morgan fingerprint density at radius 3 is 2.36 bits per heavy atom. The molecule has 134 valence electrons. The van der Waals surface area contributed by atoms with Gasteiger partial charge in [0.05, 0.1) is 17.6 Å². The summed E-state index contributed by atoms with van der Waals surface area (Å²) in [6.07, 6.45) is 1.95. The van der Waals surface area contributed by atoms with Crippen LogP contribution >= 0.6 is 11.8 Å². The summed E-state index contributed by atoms with van der Waals surface area (Å²) in [5.41, 5.74) is 1.04. The fraction of sp³-hybridized carbons (Fsp3) is 0.235. The van der Waals surface area contributed by atoms with Gasteiger partial charge in [-0.15, -0.1) is 0 Å². The number of hydrogen-bond donors (Lipinski definition) is 1. The van der Waals surface area contributed by atoms with Gasteiger partial charge in [0, 0.05) is 18.0 Å². The summed E-state index contributed by atoms with van der Waals surface area (Å²) in [5.74, 6) is 1.01. The summed E-state index contributed by atoms with van der Waals surface area (Å²) in [6.45, 7) is 0.479. The van der Waals surface area contributed by atoms with E-state index in [2.05, 4.69) is 0 Å². The number of nitrogens with two attached hydrogens (primary N) is 1. The second-order valence-electron chi connectivity index (χ2n) is 5.19. The molecule has 2 rings (SSSR count). The molecule has 0 aliphatic heterocycles. The summed E-state index contributed by atoms with van der Waals surface area (Å²) in [6, 6.07) is 12.9. The second kappa shape index (κ2) is 8.37. The van der Waals surface area contributed by atoms with E-state index in [1.165, 1.54) is 19.2 Å². The molecule has 0 spiro atoms. The van der Waals surface area contributed by atoms with Crippen LogP contribution in [-0.2, 0) is 10.0 Å². The number of anilines is 1. The first-order valence-electron chi connectivity index (χ1n) is 7.45. The molecular weight excluding hydrogens is 360 g/mol. The van der Waals surface area contributed by atoms with Crippen LogP contribution < -0.4 is 14.8 Å². The molecule has 0 saturated carbocycles. The average molecular weight is 380 g/mol. The van der Waals surface area contributed by atoms with Crippen molar-refractivity contribution in [3.05, 3.63) is 54.1 Å². The second-order valence-corrected chi connectivity index (χ2v) is 7.74. The highest BCUT2D eigenvalue weighted by atomic mass is 32.2. The first kappa shape index (κ1) is 19.3. The van der Waals surface area contributed by atoms with Crippen molar-refractivity contribution in [3.8, 4) is 5.75 Å².